The lowest BCUT2D eigenvalue weighted by atomic mass is 10.0. The van der Waals surface area contributed by atoms with Crippen LogP contribution in [0.25, 0.3) is 11.3 Å². The lowest BCUT2D eigenvalue weighted by Gasteiger charge is -2.13. The third-order valence-corrected chi connectivity index (χ3v) is 6.58. The maximum absolute atomic E-state index is 12.8. The van der Waals surface area contributed by atoms with Gasteiger partial charge in [0.05, 0.1) is 29.8 Å². The van der Waals surface area contributed by atoms with Crippen LogP contribution >= 0.6 is 0 Å². The molecule has 170 valence electrons. The maximum Gasteiger partial charge on any atom is 0.356 e. The first-order valence-electron chi connectivity index (χ1n) is 11.0. The number of carbonyl (C=O) groups is 1. The molecule has 0 spiro atoms. The van der Waals surface area contributed by atoms with Crippen molar-refractivity contribution >= 4 is 17.0 Å². The van der Waals surface area contributed by atoms with Crippen molar-refractivity contribution in [3.05, 3.63) is 52.7 Å². The number of rotatable bonds is 8. The summed E-state index contributed by atoms with van der Waals surface area (Å²) in [6.45, 7) is 5.92. The van der Waals surface area contributed by atoms with Gasteiger partial charge in [0, 0.05) is 30.0 Å². The zero-order valence-corrected chi connectivity index (χ0v) is 20.1. The average Bonchev–Trinajstić information content (AvgIpc) is 3.21. The molecule has 0 aliphatic carbocycles. The van der Waals surface area contributed by atoms with Crippen molar-refractivity contribution in [3.8, 4) is 23.1 Å². The molecule has 0 amide bonds. The van der Waals surface area contributed by atoms with E-state index in [9.17, 15) is 9.00 Å². The third kappa shape index (κ3) is 6.04. The molecule has 0 bridgehead atoms. The molecule has 6 nitrogen and oxygen atoms in total. The van der Waals surface area contributed by atoms with E-state index < -0.39 is 17.0 Å². The SMILES string of the molecule is CCCCS(=O)N1Cc2cc(C(=O)OCC)nc(-c3cccc(C#CCN(C)C)c3)c2C1. The summed E-state index contributed by atoms with van der Waals surface area (Å²) in [5.41, 5.74) is 4.80. The van der Waals surface area contributed by atoms with E-state index in [1.807, 2.05) is 47.6 Å². The number of carbonyl (C=O) groups excluding carboxylic acids is 1. The van der Waals surface area contributed by atoms with Gasteiger partial charge < -0.3 is 4.74 Å². The van der Waals surface area contributed by atoms with Crippen LogP contribution in [0.1, 0.15) is 53.9 Å². The minimum atomic E-state index is -1.06. The highest BCUT2D eigenvalue weighted by Crippen LogP contribution is 2.33. The lowest BCUT2D eigenvalue weighted by Crippen LogP contribution is -2.21. The van der Waals surface area contributed by atoms with Crippen molar-refractivity contribution in [1.29, 1.82) is 0 Å². The van der Waals surface area contributed by atoms with Gasteiger partial charge in [0.1, 0.15) is 5.69 Å². The zero-order valence-electron chi connectivity index (χ0n) is 19.3. The van der Waals surface area contributed by atoms with Crippen LogP contribution in [0.2, 0.25) is 0 Å². The van der Waals surface area contributed by atoms with Crippen molar-refractivity contribution in [2.75, 3.05) is 33.0 Å². The molecular formula is C25H31N3O3S. The monoisotopic (exact) mass is 453 g/mol. The Hall–Kier alpha value is -2.53. The Morgan fingerprint density at radius 3 is 2.78 bits per heavy atom. The topological polar surface area (TPSA) is 62.7 Å². The Labute approximate surface area is 193 Å². The quantitative estimate of drug-likeness (QED) is 0.451. The standard InChI is InChI=1S/C25H31N3O3S/c1-5-7-14-32(30)28-17-21-16-23(25(29)31-6-2)26-24(22(21)18-28)20-12-8-10-19(15-20)11-9-13-27(3)4/h8,10,12,15-16H,5-7,13-14,17-18H2,1-4H3. The summed E-state index contributed by atoms with van der Waals surface area (Å²) in [4.78, 5) is 19.2. The van der Waals surface area contributed by atoms with Crippen molar-refractivity contribution < 1.29 is 13.7 Å². The third-order valence-electron chi connectivity index (χ3n) is 5.11. The van der Waals surface area contributed by atoms with E-state index in [-0.39, 0.29) is 12.3 Å². The van der Waals surface area contributed by atoms with Crippen LogP contribution in [-0.2, 0) is 28.8 Å². The fourth-order valence-electron chi connectivity index (χ4n) is 3.50. The molecule has 0 N–H and O–H groups in total. The molecule has 32 heavy (non-hydrogen) atoms. The van der Waals surface area contributed by atoms with E-state index in [0.717, 1.165) is 40.8 Å². The lowest BCUT2D eigenvalue weighted by molar-refractivity contribution is 0.0519. The van der Waals surface area contributed by atoms with E-state index in [2.05, 4.69) is 23.7 Å². The van der Waals surface area contributed by atoms with E-state index in [1.165, 1.54) is 0 Å². The maximum atomic E-state index is 12.8. The van der Waals surface area contributed by atoms with Gasteiger partial charge in [0.15, 0.2) is 0 Å². The van der Waals surface area contributed by atoms with Crippen LogP contribution < -0.4 is 0 Å². The fourth-order valence-corrected chi connectivity index (χ4v) is 4.85. The average molecular weight is 454 g/mol. The second-order valence-electron chi connectivity index (χ2n) is 8.01. The largest absolute Gasteiger partial charge is 0.461 e. The molecule has 0 saturated heterocycles. The van der Waals surface area contributed by atoms with Gasteiger partial charge in [-0.1, -0.05) is 37.3 Å². The number of hydrogen-bond donors (Lipinski definition) is 0. The number of aromatic nitrogens is 1. The normalized spacial score (nSPS) is 14.0. The van der Waals surface area contributed by atoms with Crippen molar-refractivity contribution in [1.82, 2.24) is 14.2 Å². The molecule has 2 aromatic rings. The smallest absolute Gasteiger partial charge is 0.356 e. The van der Waals surface area contributed by atoms with Crippen LogP contribution in [0.5, 0.6) is 0 Å². The van der Waals surface area contributed by atoms with Gasteiger partial charge in [0.25, 0.3) is 0 Å². The van der Waals surface area contributed by atoms with Crippen LogP contribution in [0.4, 0.5) is 0 Å². The molecule has 0 radical (unpaired) electrons. The van der Waals surface area contributed by atoms with E-state index in [0.29, 0.717) is 25.4 Å². The fraction of sp³-hybridized carbons (Fsp3) is 0.440. The van der Waals surface area contributed by atoms with Gasteiger partial charge in [0.2, 0.25) is 0 Å². The van der Waals surface area contributed by atoms with E-state index in [4.69, 9.17) is 4.74 Å². The van der Waals surface area contributed by atoms with Crippen LogP contribution in [0.15, 0.2) is 30.3 Å². The predicted molar refractivity (Wildman–Crippen MR) is 128 cm³/mol. The number of fused-ring (bicyclic) bond motifs is 1. The molecule has 1 aromatic carbocycles. The molecule has 1 aliphatic heterocycles. The molecule has 7 heteroatoms. The van der Waals surface area contributed by atoms with E-state index >= 15 is 0 Å². The molecule has 1 unspecified atom stereocenters. The van der Waals surface area contributed by atoms with Crippen molar-refractivity contribution in [3.63, 3.8) is 0 Å². The Bertz CT molecular complexity index is 1060. The Kier molecular flexibility index (Phi) is 8.57. The van der Waals surface area contributed by atoms with Gasteiger partial charge in [-0.05, 0) is 56.8 Å². The summed E-state index contributed by atoms with van der Waals surface area (Å²) in [5.74, 6) is 6.55. The first-order valence-corrected chi connectivity index (χ1v) is 12.3. The first-order chi connectivity index (χ1) is 15.4. The van der Waals surface area contributed by atoms with Crippen LogP contribution in [0, 0.1) is 11.8 Å². The molecule has 0 fully saturated rings. The van der Waals surface area contributed by atoms with Crippen molar-refractivity contribution in [2.45, 2.75) is 39.8 Å². The van der Waals surface area contributed by atoms with Gasteiger partial charge in [-0.15, -0.1) is 0 Å². The first kappa shape index (κ1) is 24.1. The number of pyridine rings is 1. The molecular weight excluding hydrogens is 422 g/mol. The molecule has 1 aromatic heterocycles. The highest BCUT2D eigenvalue weighted by Gasteiger charge is 2.29. The number of hydrogen-bond acceptors (Lipinski definition) is 5. The summed E-state index contributed by atoms with van der Waals surface area (Å²) in [7, 11) is 2.91. The molecule has 3 rings (SSSR count). The number of esters is 1. The number of ether oxygens (including phenoxy) is 1. The van der Waals surface area contributed by atoms with Gasteiger partial charge >= 0.3 is 5.97 Å². The van der Waals surface area contributed by atoms with Crippen molar-refractivity contribution in [2.24, 2.45) is 0 Å². The molecule has 0 saturated carbocycles. The second-order valence-corrected chi connectivity index (χ2v) is 9.58. The van der Waals surface area contributed by atoms with E-state index in [1.54, 1.807) is 13.0 Å². The number of benzene rings is 1. The summed E-state index contributed by atoms with van der Waals surface area (Å²) >= 11 is 0. The number of nitrogens with zero attached hydrogens (tertiary/aromatic N) is 3. The number of unbranched alkanes of at least 4 members (excludes halogenated alkanes) is 1. The summed E-state index contributed by atoms with van der Waals surface area (Å²) < 4.78 is 19.9. The van der Waals surface area contributed by atoms with Gasteiger partial charge in [-0.2, -0.15) is 0 Å². The Morgan fingerprint density at radius 1 is 1.25 bits per heavy atom. The zero-order chi connectivity index (χ0) is 23.1. The summed E-state index contributed by atoms with van der Waals surface area (Å²) in [6, 6.07) is 9.68. The highest BCUT2D eigenvalue weighted by molar-refractivity contribution is 7.82. The second kappa shape index (κ2) is 11.4. The van der Waals surface area contributed by atoms with Crippen LogP contribution in [-0.4, -0.2) is 57.4 Å². The summed E-state index contributed by atoms with van der Waals surface area (Å²) in [5, 5.41) is 0. The Morgan fingerprint density at radius 2 is 2.06 bits per heavy atom. The molecule has 1 atom stereocenters. The Balaban J connectivity index is 1.99. The molecule has 2 heterocycles. The predicted octanol–water partition coefficient (Wildman–Crippen LogP) is 3.62. The minimum Gasteiger partial charge on any atom is -0.461 e. The molecule has 1 aliphatic rings. The minimum absolute atomic E-state index is 0.283. The summed E-state index contributed by atoms with van der Waals surface area (Å²) in [6.07, 6.45) is 1.93. The van der Waals surface area contributed by atoms with Gasteiger partial charge in [-0.3, -0.25) is 4.90 Å². The van der Waals surface area contributed by atoms with Crippen LogP contribution in [0.3, 0.4) is 0 Å². The van der Waals surface area contributed by atoms with Gasteiger partial charge in [-0.25, -0.2) is 18.3 Å². The highest BCUT2D eigenvalue weighted by atomic mass is 32.2.